The number of rotatable bonds is 19. The van der Waals surface area contributed by atoms with Crippen LogP contribution in [0.2, 0.25) is 0 Å². The number of nitrogens with zero attached hydrogens (tertiary/aromatic N) is 9. The van der Waals surface area contributed by atoms with E-state index in [1.807, 2.05) is 56.5 Å². The Labute approximate surface area is 378 Å². The molecule has 3 heterocycles. The van der Waals surface area contributed by atoms with Gasteiger partial charge < -0.3 is 29.9 Å². The minimum Gasteiger partial charge on any atom is -0.494 e. The molecule has 0 atom stereocenters. The smallest absolute Gasteiger partial charge is 0.425 e. The van der Waals surface area contributed by atoms with Crippen molar-refractivity contribution in [1.29, 1.82) is 0 Å². The first-order valence-corrected chi connectivity index (χ1v) is 24.5. The molecular formula is C35H43N11O11S6. The van der Waals surface area contributed by atoms with E-state index in [0.717, 1.165) is 40.8 Å². The average molecular weight is 986 g/mol. The Kier molecular flexibility index (Phi) is 20.9. The molecule has 0 amide bonds. The summed E-state index contributed by atoms with van der Waals surface area (Å²) < 4.78 is 95.9. The molecule has 5 rings (SSSR count). The number of ether oxygens (including phenoxy) is 2. The van der Waals surface area contributed by atoms with Gasteiger partial charge in [-0.2, -0.15) is 23.4 Å². The molecule has 28 heteroatoms. The summed E-state index contributed by atoms with van der Waals surface area (Å²) in [6, 6.07) is 12.4. The summed E-state index contributed by atoms with van der Waals surface area (Å²) in [5.41, 5.74) is 3.52. The fraction of sp³-hybridized carbons (Fsp3) is 0.343. The molecular weight excluding hydrogens is 943 g/mol. The lowest BCUT2D eigenvalue weighted by atomic mass is 10.2. The SMILES string of the molecule is CCSc1nc(Nc2cc(N(CC)CC)c(OC)cc2N=Nc2cccs2)nc(Nc2cc(N(CC)CC)c(OC)cc2N=Nc2sccc2S(=O)(=O)O)n1.O=S(=O)=O.O=S(=O)=O. The van der Waals surface area contributed by atoms with Crippen molar-refractivity contribution in [2.75, 3.05) is 66.6 Å². The normalized spacial score (nSPS) is 11.0. The predicted molar refractivity (Wildman–Crippen MR) is 242 cm³/mol. The first-order valence-electron chi connectivity index (χ1n) is 18.3. The number of methoxy groups -OCH3 is 2. The van der Waals surface area contributed by atoms with Crippen LogP contribution in [0.1, 0.15) is 34.6 Å². The quantitative estimate of drug-likeness (QED) is 0.0397. The van der Waals surface area contributed by atoms with Crippen LogP contribution in [0, 0.1) is 0 Å². The largest absolute Gasteiger partial charge is 0.494 e. The van der Waals surface area contributed by atoms with Crippen LogP contribution in [0.3, 0.4) is 0 Å². The van der Waals surface area contributed by atoms with Crippen molar-refractivity contribution < 1.29 is 47.7 Å². The van der Waals surface area contributed by atoms with Crippen molar-refractivity contribution in [2.24, 2.45) is 20.5 Å². The molecule has 63 heavy (non-hydrogen) atoms. The Morgan fingerprint density at radius 3 is 1.57 bits per heavy atom. The first-order chi connectivity index (χ1) is 30.0. The van der Waals surface area contributed by atoms with E-state index in [-0.39, 0.29) is 21.8 Å². The summed E-state index contributed by atoms with van der Waals surface area (Å²) >= 11 is 3.93. The fourth-order valence-corrected chi connectivity index (χ4v) is 8.18. The Morgan fingerprint density at radius 1 is 0.698 bits per heavy atom. The van der Waals surface area contributed by atoms with Gasteiger partial charge in [0.15, 0.2) is 10.2 Å². The minimum absolute atomic E-state index is 0.0177. The zero-order chi connectivity index (χ0) is 46.7. The number of hydrogen-bond donors (Lipinski definition) is 3. The Bertz CT molecular complexity index is 2650. The number of benzene rings is 2. The fourth-order valence-electron chi connectivity index (χ4n) is 5.42. The zero-order valence-corrected chi connectivity index (χ0v) is 39.6. The van der Waals surface area contributed by atoms with Crippen LogP contribution in [0.5, 0.6) is 11.5 Å². The van der Waals surface area contributed by atoms with Gasteiger partial charge in [-0.3, -0.25) is 4.55 Å². The highest BCUT2D eigenvalue weighted by atomic mass is 32.2. The summed E-state index contributed by atoms with van der Waals surface area (Å²) in [6.45, 7) is 13.1. The highest BCUT2D eigenvalue weighted by molar-refractivity contribution is 7.99. The van der Waals surface area contributed by atoms with Crippen molar-refractivity contribution in [3.8, 4) is 11.5 Å². The number of anilines is 6. The lowest BCUT2D eigenvalue weighted by Gasteiger charge is -2.25. The molecule has 3 N–H and O–H groups in total. The van der Waals surface area contributed by atoms with E-state index in [9.17, 15) is 13.0 Å². The van der Waals surface area contributed by atoms with E-state index in [4.69, 9.17) is 49.7 Å². The van der Waals surface area contributed by atoms with E-state index in [1.54, 1.807) is 20.3 Å². The van der Waals surface area contributed by atoms with Gasteiger partial charge in [-0.1, -0.05) is 18.7 Å². The molecule has 0 bridgehead atoms. The maximum Gasteiger partial charge on any atom is 0.425 e. The van der Waals surface area contributed by atoms with E-state index in [2.05, 4.69) is 54.7 Å². The first kappa shape index (κ1) is 51.7. The molecule has 340 valence electrons. The number of thiophene rings is 2. The summed E-state index contributed by atoms with van der Waals surface area (Å²) in [4.78, 5) is 18.1. The highest BCUT2D eigenvalue weighted by Crippen LogP contribution is 2.43. The molecule has 0 aliphatic rings. The van der Waals surface area contributed by atoms with Crippen LogP contribution < -0.4 is 29.9 Å². The van der Waals surface area contributed by atoms with Crippen molar-refractivity contribution >= 4 is 122 Å². The summed E-state index contributed by atoms with van der Waals surface area (Å²) in [5.74, 6) is 2.31. The number of thioether (sulfide) groups is 1. The van der Waals surface area contributed by atoms with Crippen molar-refractivity contribution in [1.82, 2.24) is 15.0 Å². The van der Waals surface area contributed by atoms with Gasteiger partial charge in [-0.05, 0) is 74.5 Å². The van der Waals surface area contributed by atoms with Gasteiger partial charge in [0.1, 0.15) is 32.8 Å². The summed E-state index contributed by atoms with van der Waals surface area (Å²) in [6.07, 6.45) is 0. The van der Waals surface area contributed by atoms with Gasteiger partial charge in [-0.25, -0.2) is 0 Å². The predicted octanol–water partition coefficient (Wildman–Crippen LogP) is 8.37. The second kappa shape index (κ2) is 25.5. The molecule has 2 aromatic carbocycles. The number of hydrogen-bond acceptors (Lipinski definition) is 24. The average Bonchev–Trinajstić information content (AvgIpc) is 3.94. The van der Waals surface area contributed by atoms with Crippen LogP contribution in [-0.2, 0) is 31.3 Å². The third kappa shape index (κ3) is 15.9. The Hall–Kier alpha value is -5.65. The standard InChI is InChI=1S/C35H43N11O5S4.2O3S/c1-8-45(9-2)26-18-22(24(20-28(26)50-6)41-43-31-14-13-16-53-31)36-33-38-34(40-35(39-33)52-12-5)37-23-19-27(46(10-3)11-4)29(51-7)21-25(23)42-44-32-30(15-17-54-32)55(47,48)49;2*1-4(2)3/h13-21H,8-12H2,1-7H3,(H,47,48,49)(H2,36,37,38,39,40);;. The van der Waals surface area contributed by atoms with Crippen LogP contribution in [0.25, 0.3) is 0 Å². The number of nitrogens with one attached hydrogen (secondary N) is 2. The van der Waals surface area contributed by atoms with Gasteiger partial charge in [-0.15, -0.1) is 68.4 Å². The molecule has 0 saturated carbocycles. The maximum absolute atomic E-state index is 12.0. The van der Waals surface area contributed by atoms with Gasteiger partial charge in [0.2, 0.25) is 11.9 Å². The molecule has 0 aliphatic heterocycles. The highest BCUT2D eigenvalue weighted by Gasteiger charge is 2.21. The van der Waals surface area contributed by atoms with E-state index in [1.165, 1.54) is 34.5 Å². The Morgan fingerprint density at radius 2 is 1.17 bits per heavy atom. The molecule has 0 spiro atoms. The lowest BCUT2D eigenvalue weighted by Crippen LogP contribution is -2.22. The Balaban J connectivity index is 0.00000121. The molecule has 0 radical (unpaired) electrons. The zero-order valence-electron chi connectivity index (χ0n) is 34.7. The third-order valence-electron chi connectivity index (χ3n) is 8.08. The summed E-state index contributed by atoms with van der Waals surface area (Å²) in [7, 11) is -7.55. The van der Waals surface area contributed by atoms with Crippen LogP contribution in [-0.4, -0.2) is 99.3 Å². The van der Waals surface area contributed by atoms with Crippen LogP contribution in [0.15, 0.2) is 83.7 Å². The second-order valence-electron chi connectivity index (χ2n) is 11.7. The van der Waals surface area contributed by atoms with E-state index < -0.39 is 31.3 Å². The lowest BCUT2D eigenvalue weighted by molar-refractivity contribution is 0.414. The molecule has 3 aromatic heterocycles. The summed E-state index contributed by atoms with van der Waals surface area (Å²) in [5, 5.41) is 29.0. The van der Waals surface area contributed by atoms with Gasteiger partial charge in [0.25, 0.3) is 10.1 Å². The third-order valence-corrected chi connectivity index (χ3v) is 11.4. The van der Waals surface area contributed by atoms with Gasteiger partial charge in [0.05, 0.1) is 37.0 Å². The molecule has 0 fully saturated rings. The van der Waals surface area contributed by atoms with Crippen molar-refractivity contribution in [3.63, 3.8) is 0 Å². The van der Waals surface area contributed by atoms with E-state index >= 15 is 0 Å². The monoisotopic (exact) mass is 985 g/mol. The molecule has 22 nitrogen and oxygen atoms in total. The van der Waals surface area contributed by atoms with Crippen molar-refractivity contribution in [2.45, 2.75) is 44.7 Å². The topological polar surface area (TPSA) is 294 Å². The molecule has 0 saturated heterocycles. The number of azo groups is 2. The molecule has 0 unspecified atom stereocenters. The second-order valence-corrected chi connectivity index (χ2v) is 17.0. The minimum atomic E-state index is -4.51. The van der Waals surface area contributed by atoms with Gasteiger partial charge in [0, 0.05) is 38.3 Å². The maximum atomic E-state index is 12.0. The van der Waals surface area contributed by atoms with Gasteiger partial charge >= 0.3 is 21.2 Å². The van der Waals surface area contributed by atoms with Crippen molar-refractivity contribution in [3.05, 3.63) is 53.2 Å². The molecule has 5 aromatic rings. The van der Waals surface area contributed by atoms with E-state index in [0.29, 0.717) is 58.2 Å². The van der Waals surface area contributed by atoms with Crippen LogP contribution >= 0.6 is 34.4 Å². The molecule has 0 aliphatic carbocycles. The number of aromatic nitrogens is 3. The van der Waals surface area contributed by atoms with Crippen LogP contribution in [0.4, 0.5) is 56.0 Å².